The number of esters is 2. The monoisotopic (exact) mass is 970 g/mol. The standard InChI is InChI=1S/C48H74O20/c1-23(39(60)61)24-11-13-46(6)29(45(24,5)12-8-16-49)10-9-25-26-17-43(2,3)14-15-48(26,30(50)18-47(25,46)7)42(62)68-41-38(59)36(57)34(55)28(67-41)22-65-40-37(58)35(56)33(54)27(66-40)21-64-32(53)20-44(4,63)19-31(51)52/h9,24,26-30,33-38,40-41,49-50,54-59,63H,1,8,10-22H2,2-7H3,(H,51,52)(H,60,61)/t24-,26-,27+,28+,29+,30+,33+,34+,35-,36-,37+,38+,40+,41-,44+,45-,46+,47+,48+/m0/s1. The van der Waals surface area contributed by atoms with Crippen molar-refractivity contribution < 1.29 is 99.0 Å². The fourth-order valence-corrected chi connectivity index (χ4v) is 13.3. The highest BCUT2D eigenvalue weighted by Gasteiger charge is 2.71. The van der Waals surface area contributed by atoms with Crippen LogP contribution in [0.5, 0.6) is 0 Å². The first kappa shape index (κ1) is 54.2. The number of aliphatic hydroxyl groups excluding tert-OH is 8. The van der Waals surface area contributed by atoms with Crippen molar-refractivity contribution in [3.05, 3.63) is 23.8 Å². The van der Waals surface area contributed by atoms with Crippen LogP contribution in [0.1, 0.15) is 112 Å². The Morgan fingerprint density at radius 1 is 0.809 bits per heavy atom. The number of hydrogen-bond acceptors (Lipinski definition) is 18. The first-order chi connectivity index (χ1) is 31.5. The van der Waals surface area contributed by atoms with Gasteiger partial charge in [0, 0.05) is 12.2 Å². The van der Waals surface area contributed by atoms with E-state index in [2.05, 4.69) is 47.3 Å². The van der Waals surface area contributed by atoms with Crippen LogP contribution in [0.15, 0.2) is 23.8 Å². The van der Waals surface area contributed by atoms with Crippen LogP contribution < -0.4 is 0 Å². The Morgan fingerprint density at radius 3 is 2.01 bits per heavy atom. The largest absolute Gasteiger partial charge is 0.481 e. The average Bonchev–Trinajstić information content (AvgIpc) is 3.24. The maximum atomic E-state index is 15.0. The zero-order valence-corrected chi connectivity index (χ0v) is 39.9. The molecule has 0 spiro atoms. The molecule has 20 nitrogen and oxygen atoms in total. The molecule has 2 saturated heterocycles. The van der Waals surface area contributed by atoms with E-state index in [1.54, 1.807) is 0 Å². The van der Waals surface area contributed by atoms with Crippen molar-refractivity contribution >= 4 is 23.9 Å². The van der Waals surface area contributed by atoms with Crippen molar-refractivity contribution in [2.45, 2.75) is 185 Å². The van der Waals surface area contributed by atoms with Crippen molar-refractivity contribution in [1.29, 1.82) is 0 Å². The molecular weight excluding hydrogens is 897 g/mol. The van der Waals surface area contributed by atoms with Gasteiger partial charge in [-0.3, -0.25) is 14.4 Å². The number of fused-ring (bicyclic) bond motifs is 5. The molecule has 20 heteroatoms. The Morgan fingerprint density at radius 2 is 1.41 bits per heavy atom. The van der Waals surface area contributed by atoms with Gasteiger partial charge in [-0.15, -0.1) is 0 Å². The SMILES string of the molecule is C=C(C(=O)O)[C@@H]1CC[C@]2(C)[C@H](CC=C3[C@@H]4CC(C)(C)CC[C@]4(C(=O)O[C@@H]4O[C@H](CO[C@@H]5O[C@H](COC(=O)C[C@](C)(O)CC(=O)O)[C@@H](O)[C@H](O)[C@H]5O)[C@@H](O)[C@H](O)[C@H]4O)[C@H](O)C[C@]32C)[C@@]1(C)CCCO. The Hall–Kier alpha value is -3.12. The smallest absolute Gasteiger partial charge is 0.331 e. The molecule has 0 radical (unpaired) electrons. The highest BCUT2D eigenvalue weighted by atomic mass is 16.7. The molecule has 11 N–H and O–H groups in total. The van der Waals surface area contributed by atoms with E-state index in [0.717, 1.165) is 12.5 Å². The minimum Gasteiger partial charge on any atom is -0.481 e. The van der Waals surface area contributed by atoms with E-state index < -0.39 is 151 Å². The second-order valence-corrected chi connectivity index (χ2v) is 22.3. The Balaban J connectivity index is 1.21. The van der Waals surface area contributed by atoms with Gasteiger partial charge in [-0.05, 0) is 104 Å². The first-order valence-electron chi connectivity index (χ1n) is 23.7. The maximum absolute atomic E-state index is 15.0. The van der Waals surface area contributed by atoms with E-state index in [1.807, 2.05) is 0 Å². The van der Waals surface area contributed by atoms with Gasteiger partial charge in [-0.25, -0.2) is 4.79 Å². The zero-order valence-electron chi connectivity index (χ0n) is 39.9. The summed E-state index contributed by atoms with van der Waals surface area (Å²) in [6, 6.07) is 0. The molecule has 19 atom stereocenters. The van der Waals surface area contributed by atoms with Gasteiger partial charge in [0.15, 0.2) is 6.29 Å². The molecule has 4 aliphatic carbocycles. The first-order valence-corrected chi connectivity index (χ1v) is 23.7. The summed E-state index contributed by atoms with van der Waals surface area (Å²) in [4.78, 5) is 50.7. The number of aliphatic hydroxyl groups is 9. The Bertz CT molecular complexity index is 1940. The summed E-state index contributed by atoms with van der Waals surface area (Å²) < 4.78 is 28.2. The molecule has 6 rings (SSSR count). The summed E-state index contributed by atoms with van der Waals surface area (Å²) in [6.07, 6.45) is -14.7. The van der Waals surface area contributed by atoms with E-state index in [-0.39, 0.29) is 42.3 Å². The zero-order chi connectivity index (χ0) is 50.7. The molecule has 0 aromatic carbocycles. The lowest BCUT2D eigenvalue weighted by Crippen LogP contribution is -2.67. The minimum atomic E-state index is -1.98. The van der Waals surface area contributed by atoms with E-state index in [1.165, 1.54) is 0 Å². The normalized spacial score (nSPS) is 44.1. The third kappa shape index (κ3) is 9.78. The second-order valence-electron chi connectivity index (χ2n) is 22.3. The van der Waals surface area contributed by atoms with Crippen LogP contribution >= 0.6 is 0 Å². The van der Waals surface area contributed by atoms with Crippen LogP contribution in [0.3, 0.4) is 0 Å². The number of allylic oxidation sites excluding steroid dienone is 2. The number of aliphatic carboxylic acids is 2. The molecule has 2 aliphatic heterocycles. The number of carboxylic acids is 2. The molecule has 0 bridgehead atoms. The summed E-state index contributed by atoms with van der Waals surface area (Å²) in [6.45, 7) is 14.2. The molecule has 2 heterocycles. The third-order valence-electron chi connectivity index (χ3n) is 17.3. The van der Waals surface area contributed by atoms with Gasteiger partial charge in [-0.2, -0.15) is 0 Å². The topological polar surface area (TPSA) is 337 Å². The summed E-state index contributed by atoms with van der Waals surface area (Å²) in [7, 11) is 0. The predicted octanol–water partition coefficient (Wildman–Crippen LogP) is 0.686. The van der Waals surface area contributed by atoms with Gasteiger partial charge in [0.1, 0.15) is 60.9 Å². The average molecular weight is 971 g/mol. The molecule has 386 valence electrons. The summed E-state index contributed by atoms with van der Waals surface area (Å²) in [5.41, 5.74) is -4.35. The van der Waals surface area contributed by atoms with Crippen LogP contribution in [-0.2, 0) is 42.9 Å². The number of ether oxygens (including phenoxy) is 5. The highest BCUT2D eigenvalue weighted by molar-refractivity contribution is 5.86. The lowest BCUT2D eigenvalue weighted by Gasteiger charge is -2.69. The van der Waals surface area contributed by atoms with Crippen LogP contribution in [0.25, 0.3) is 0 Å². The molecule has 3 saturated carbocycles. The second kappa shape index (κ2) is 19.8. The molecule has 0 aromatic heterocycles. The van der Waals surface area contributed by atoms with Gasteiger partial charge in [0.05, 0.1) is 31.2 Å². The fourth-order valence-electron chi connectivity index (χ4n) is 13.3. The molecule has 0 unspecified atom stereocenters. The quantitative estimate of drug-likeness (QED) is 0.0576. The molecule has 68 heavy (non-hydrogen) atoms. The van der Waals surface area contributed by atoms with Crippen molar-refractivity contribution in [3.63, 3.8) is 0 Å². The maximum Gasteiger partial charge on any atom is 0.331 e. The fraction of sp³-hybridized carbons (Fsp3) is 0.833. The molecule has 0 amide bonds. The Kier molecular flexibility index (Phi) is 15.8. The molecule has 5 fully saturated rings. The summed E-state index contributed by atoms with van der Waals surface area (Å²) in [5.74, 6) is -5.33. The van der Waals surface area contributed by atoms with E-state index >= 15 is 0 Å². The minimum absolute atomic E-state index is 0.0608. The number of carboxylic acid groups (broad SMARTS) is 2. The van der Waals surface area contributed by atoms with E-state index in [9.17, 15) is 70.2 Å². The van der Waals surface area contributed by atoms with Crippen molar-refractivity contribution in [3.8, 4) is 0 Å². The molecule has 0 aromatic rings. The summed E-state index contributed by atoms with van der Waals surface area (Å²) >= 11 is 0. The molecule has 6 aliphatic rings. The van der Waals surface area contributed by atoms with E-state index in [4.69, 9.17) is 28.8 Å². The third-order valence-corrected chi connectivity index (χ3v) is 17.3. The number of rotatable bonds is 16. The summed E-state index contributed by atoms with van der Waals surface area (Å²) in [5, 5.41) is 117. The Labute approximate surface area is 395 Å². The number of carbonyl (C=O) groups excluding carboxylic acids is 2. The van der Waals surface area contributed by atoms with Crippen molar-refractivity contribution in [1.82, 2.24) is 0 Å². The van der Waals surface area contributed by atoms with Gasteiger partial charge in [0.25, 0.3) is 0 Å². The predicted molar refractivity (Wildman–Crippen MR) is 234 cm³/mol. The van der Waals surface area contributed by atoms with Gasteiger partial charge in [-0.1, -0.05) is 52.8 Å². The highest BCUT2D eigenvalue weighted by Crippen LogP contribution is 2.74. The lowest BCUT2D eigenvalue weighted by molar-refractivity contribution is -0.329. The van der Waals surface area contributed by atoms with Crippen LogP contribution in [0.2, 0.25) is 0 Å². The van der Waals surface area contributed by atoms with Crippen molar-refractivity contribution in [2.24, 2.45) is 44.8 Å². The van der Waals surface area contributed by atoms with Gasteiger partial charge < -0.3 is 79.9 Å². The van der Waals surface area contributed by atoms with Crippen LogP contribution in [0, 0.1) is 44.8 Å². The van der Waals surface area contributed by atoms with Gasteiger partial charge in [0.2, 0.25) is 6.29 Å². The molecular formula is C48H74O20. The number of hydrogen-bond donors (Lipinski definition) is 11. The van der Waals surface area contributed by atoms with Crippen molar-refractivity contribution in [2.75, 3.05) is 19.8 Å². The van der Waals surface area contributed by atoms with Crippen LogP contribution in [0.4, 0.5) is 0 Å². The number of carbonyl (C=O) groups is 4. The van der Waals surface area contributed by atoms with Crippen LogP contribution in [-0.4, -0.2) is 173 Å². The van der Waals surface area contributed by atoms with E-state index in [0.29, 0.717) is 44.9 Å². The van der Waals surface area contributed by atoms with Gasteiger partial charge >= 0.3 is 23.9 Å². The lowest BCUT2D eigenvalue weighted by atomic mass is 9.35.